The third-order valence-corrected chi connectivity index (χ3v) is 5.48. The zero-order chi connectivity index (χ0) is 19.4. The second-order valence-corrected chi connectivity index (χ2v) is 7.69. The molecule has 1 N–H and O–H groups in total. The molecule has 0 spiro atoms. The Morgan fingerprint density at radius 3 is 2.54 bits per heavy atom. The second kappa shape index (κ2) is 6.14. The van der Waals surface area contributed by atoms with E-state index in [1.807, 2.05) is 22.6 Å². The van der Waals surface area contributed by atoms with Crippen molar-refractivity contribution in [3.8, 4) is 5.75 Å². The van der Waals surface area contributed by atoms with Crippen molar-refractivity contribution in [3.05, 3.63) is 97.1 Å². The van der Waals surface area contributed by atoms with Crippen LogP contribution in [0.15, 0.2) is 75.1 Å². The van der Waals surface area contributed by atoms with Gasteiger partial charge in [0.2, 0.25) is 0 Å². The summed E-state index contributed by atoms with van der Waals surface area (Å²) in [5.41, 5.74) is 2.30. The molecule has 0 aliphatic rings. The second-order valence-electron chi connectivity index (χ2n) is 6.77. The molecule has 136 valence electrons. The average molecular weight is 433 g/mol. The van der Waals surface area contributed by atoms with Gasteiger partial charge in [-0.2, -0.15) is 0 Å². The Kier molecular flexibility index (Phi) is 3.70. The van der Waals surface area contributed by atoms with Crippen molar-refractivity contribution in [1.29, 1.82) is 0 Å². The van der Waals surface area contributed by atoms with E-state index in [0.717, 1.165) is 10.0 Å². The number of rotatable bonds is 2. The predicted molar refractivity (Wildman–Crippen MR) is 113 cm³/mol. The molecule has 0 fully saturated rings. The molecular formula is C22H13BrN2O3. The van der Waals surface area contributed by atoms with Crippen LogP contribution in [0.4, 0.5) is 0 Å². The number of aromatic hydroxyl groups is 1. The third kappa shape index (κ3) is 2.49. The van der Waals surface area contributed by atoms with Crippen LogP contribution in [0, 0.1) is 0 Å². The number of fused-ring (bicyclic) bond motifs is 2. The van der Waals surface area contributed by atoms with Crippen molar-refractivity contribution in [2.24, 2.45) is 0 Å². The van der Waals surface area contributed by atoms with Crippen LogP contribution < -0.4 is 10.9 Å². The fraction of sp³-hybridized carbons (Fsp3) is 0.0455. The molecule has 0 saturated carbocycles. The minimum Gasteiger partial charge on any atom is -0.508 e. The number of halogens is 1. The van der Waals surface area contributed by atoms with E-state index >= 15 is 0 Å². The first kappa shape index (κ1) is 16.9. The van der Waals surface area contributed by atoms with E-state index in [4.69, 9.17) is 0 Å². The molecule has 0 radical (unpaired) electrons. The lowest BCUT2D eigenvalue weighted by Crippen LogP contribution is -2.16. The number of aromatic nitrogens is 2. The average Bonchev–Trinajstić information content (AvgIpc) is 2.69. The molecule has 0 bridgehead atoms. The first-order valence-corrected chi connectivity index (χ1v) is 9.47. The van der Waals surface area contributed by atoms with Crippen molar-refractivity contribution in [3.63, 3.8) is 0 Å². The summed E-state index contributed by atoms with van der Waals surface area (Å²) in [7, 11) is 0. The molecule has 0 aliphatic carbocycles. The highest BCUT2D eigenvalue weighted by Crippen LogP contribution is 2.28. The normalized spacial score (nSPS) is 11.6. The standard InChI is InChI=1S/C22H13BrN2O3/c23-14-3-4-16-19(7-14)25-11-13(6-12-2-1-5-24-10-12)21(27)17-8-15(26)9-18(20(17)25)22(16)28/h1-5,7-11,26H,6H2. The maximum atomic E-state index is 13.1. The van der Waals surface area contributed by atoms with Crippen LogP contribution in [0.3, 0.4) is 0 Å². The summed E-state index contributed by atoms with van der Waals surface area (Å²) in [5, 5.41) is 11.3. The molecule has 5 nitrogen and oxygen atoms in total. The van der Waals surface area contributed by atoms with Crippen LogP contribution in [0.25, 0.3) is 27.2 Å². The third-order valence-electron chi connectivity index (χ3n) is 4.98. The van der Waals surface area contributed by atoms with Gasteiger partial charge in [0.05, 0.1) is 21.8 Å². The molecule has 0 aliphatic heterocycles. The van der Waals surface area contributed by atoms with Crippen LogP contribution in [0.2, 0.25) is 0 Å². The van der Waals surface area contributed by atoms with Crippen LogP contribution in [-0.4, -0.2) is 14.5 Å². The minimum absolute atomic E-state index is 0.0985. The molecule has 5 aromatic rings. The van der Waals surface area contributed by atoms with Gasteiger partial charge in [-0.15, -0.1) is 0 Å². The van der Waals surface area contributed by atoms with Crippen molar-refractivity contribution >= 4 is 43.1 Å². The number of nitrogens with zero attached hydrogens (tertiary/aromatic N) is 2. The molecular weight excluding hydrogens is 420 g/mol. The van der Waals surface area contributed by atoms with E-state index in [0.29, 0.717) is 39.2 Å². The number of phenolic OH excluding ortho intramolecular Hbond substituents is 1. The van der Waals surface area contributed by atoms with Gasteiger partial charge >= 0.3 is 0 Å². The quantitative estimate of drug-likeness (QED) is 0.339. The van der Waals surface area contributed by atoms with Gasteiger partial charge in [-0.05, 0) is 42.0 Å². The highest BCUT2D eigenvalue weighted by atomic mass is 79.9. The number of benzene rings is 2. The molecule has 3 aromatic heterocycles. The van der Waals surface area contributed by atoms with E-state index in [9.17, 15) is 14.7 Å². The maximum Gasteiger partial charge on any atom is 0.197 e. The molecule has 28 heavy (non-hydrogen) atoms. The summed E-state index contributed by atoms with van der Waals surface area (Å²) in [6.45, 7) is 0. The molecule has 0 saturated heterocycles. The van der Waals surface area contributed by atoms with Crippen LogP contribution in [-0.2, 0) is 6.42 Å². The van der Waals surface area contributed by atoms with E-state index in [1.165, 1.54) is 12.1 Å². The number of hydrogen-bond acceptors (Lipinski definition) is 4. The number of phenols is 1. The Morgan fingerprint density at radius 2 is 1.79 bits per heavy atom. The van der Waals surface area contributed by atoms with Gasteiger partial charge in [0.25, 0.3) is 0 Å². The minimum atomic E-state index is -0.206. The first-order valence-electron chi connectivity index (χ1n) is 8.68. The van der Waals surface area contributed by atoms with Crippen LogP contribution in [0.1, 0.15) is 11.1 Å². The van der Waals surface area contributed by atoms with Crippen LogP contribution >= 0.6 is 15.9 Å². The Bertz CT molecular complexity index is 1490. The summed E-state index contributed by atoms with van der Waals surface area (Å²) >= 11 is 3.46. The maximum absolute atomic E-state index is 13.1. The number of pyridine rings is 3. The van der Waals surface area contributed by atoms with Gasteiger partial charge in [-0.25, -0.2) is 0 Å². The Labute approximate surface area is 167 Å². The summed E-state index contributed by atoms with van der Waals surface area (Å²) in [6, 6.07) is 12.0. The van der Waals surface area contributed by atoms with E-state index in [1.54, 1.807) is 30.7 Å². The molecule has 2 aromatic carbocycles. The van der Waals surface area contributed by atoms with E-state index in [2.05, 4.69) is 20.9 Å². The fourth-order valence-corrected chi connectivity index (χ4v) is 4.11. The smallest absolute Gasteiger partial charge is 0.197 e. The van der Waals surface area contributed by atoms with Crippen molar-refractivity contribution < 1.29 is 5.11 Å². The van der Waals surface area contributed by atoms with E-state index in [-0.39, 0.29) is 16.6 Å². The lowest BCUT2D eigenvalue weighted by Gasteiger charge is -2.14. The summed E-state index contributed by atoms with van der Waals surface area (Å²) < 4.78 is 2.71. The number of hydrogen-bond donors (Lipinski definition) is 1. The predicted octanol–water partition coefficient (Wildman–Crippen LogP) is 3.86. The lowest BCUT2D eigenvalue weighted by molar-refractivity contribution is 0.476. The van der Waals surface area contributed by atoms with Gasteiger partial charge in [-0.3, -0.25) is 14.6 Å². The summed E-state index contributed by atoms with van der Waals surface area (Å²) in [5.74, 6) is -0.0985. The zero-order valence-corrected chi connectivity index (χ0v) is 16.1. The molecule has 0 unspecified atom stereocenters. The van der Waals surface area contributed by atoms with Gasteiger partial charge in [0.1, 0.15) is 5.75 Å². The molecule has 5 rings (SSSR count). The van der Waals surface area contributed by atoms with Gasteiger partial charge < -0.3 is 9.51 Å². The lowest BCUT2D eigenvalue weighted by atomic mass is 10.0. The Morgan fingerprint density at radius 1 is 1.00 bits per heavy atom. The van der Waals surface area contributed by atoms with Gasteiger partial charge in [0.15, 0.2) is 10.9 Å². The van der Waals surface area contributed by atoms with Crippen molar-refractivity contribution in [2.45, 2.75) is 6.42 Å². The summed E-state index contributed by atoms with van der Waals surface area (Å²) in [6.07, 6.45) is 5.60. The Hall–Kier alpha value is -3.25. The fourth-order valence-electron chi connectivity index (χ4n) is 3.76. The SMILES string of the molecule is O=c1c(Cc2cccnc2)cn2c3cc(Br)ccc3c(=O)c3cc(O)cc1c32. The van der Waals surface area contributed by atoms with Gasteiger partial charge in [0, 0.05) is 40.4 Å². The largest absolute Gasteiger partial charge is 0.508 e. The zero-order valence-electron chi connectivity index (χ0n) is 14.5. The molecule has 0 amide bonds. The first-order chi connectivity index (χ1) is 13.5. The van der Waals surface area contributed by atoms with Crippen LogP contribution in [0.5, 0.6) is 5.75 Å². The topological polar surface area (TPSA) is 71.7 Å². The molecule has 0 atom stereocenters. The summed E-state index contributed by atoms with van der Waals surface area (Å²) in [4.78, 5) is 30.3. The monoisotopic (exact) mass is 432 g/mol. The highest BCUT2D eigenvalue weighted by Gasteiger charge is 2.17. The Balaban J connectivity index is 1.98. The molecule has 6 heteroatoms. The van der Waals surface area contributed by atoms with Crippen molar-refractivity contribution in [2.75, 3.05) is 0 Å². The molecule has 3 heterocycles. The van der Waals surface area contributed by atoms with E-state index < -0.39 is 0 Å². The highest BCUT2D eigenvalue weighted by molar-refractivity contribution is 9.10. The van der Waals surface area contributed by atoms with Gasteiger partial charge in [-0.1, -0.05) is 22.0 Å². The van der Waals surface area contributed by atoms with Crippen molar-refractivity contribution in [1.82, 2.24) is 9.38 Å².